The maximum atomic E-state index is 9.03. The fraction of sp³-hybridized carbons (Fsp3) is 0.714. The molecule has 184 valence electrons. The second-order valence-electron chi connectivity index (χ2n) is 11.2. The molecular weight excluding hydrogens is 408 g/mol. The fourth-order valence-corrected chi connectivity index (χ4v) is 5.10. The van der Waals surface area contributed by atoms with Crippen molar-refractivity contribution in [3.63, 3.8) is 0 Å². The minimum atomic E-state index is 0.0720. The third-order valence-electron chi connectivity index (χ3n) is 7.60. The first-order chi connectivity index (χ1) is 15.7. The molecule has 1 unspecified atom stereocenters. The van der Waals surface area contributed by atoms with Crippen molar-refractivity contribution in [1.29, 1.82) is 0 Å². The molecule has 1 aromatic carbocycles. The Kier molecular flexibility index (Phi) is 8.74. The van der Waals surface area contributed by atoms with Gasteiger partial charge in [0.15, 0.2) is 0 Å². The van der Waals surface area contributed by atoms with E-state index in [-0.39, 0.29) is 23.5 Å². The standard InChI is InChI=1S/C28H46N4O/c1-7-14-29-26(32-18-16-31(17-19-32)15-8-9-20-33)30-22(2)23-10-11-24-25(21-23)28(5,6)13-12-27(24,3)4/h10-11,14,21-22,33H,7-9,12-13,15-20H2,1-6H3/b29-14-,30-26?. The lowest BCUT2D eigenvalue weighted by Crippen LogP contribution is -2.48. The van der Waals surface area contributed by atoms with Crippen LogP contribution in [0.3, 0.4) is 0 Å². The summed E-state index contributed by atoms with van der Waals surface area (Å²) in [6.07, 6.45) is 7.31. The molecule has 0 aromatic heterocycles. The third-order valence-corrected chi connectivity index (χ3v) is 7.60. The van der Waals surface area contributed by atoms with Gasteiger partial charge in [-0.15, -0.1) is 0 Å². The smallest absolute Gasteiger partial charge is 0.220 e. The average Bonchev–Trinajstić information content (AvgIpc) is 2.80. The molecule has 5 heteroatoms. The first-order valence-corrected chi connectivity index (χ1v) is 13.0. The van der Waals surface area contributed by atoms with Crippen molar-refractivity contribution in [2.45, 2.75) is 90.5 Å². The molecule has 0 amide bonds. The van der Waals surface area contributed by atoms with E-state index in [9.17, 15) is 0 Å². The number of benzene rings is 1. The summed E-state index contributed by atoms with van der Waals surface area (Å²) >= 11 is 0. The Labute approximate surface area is 202 Å². The highest BCUT2D eigenvalue weighted by Crippen LogP contribution is 2.46. The third kappa shape index (κ3) is 6.45. The van der Waals surface area contributed by atoms with Crippen molar-refractivity contribution >= 4 is 12.2 Å². The monoisotopic (exact) mass is 454 g/mol. The molecule has 1 aliphatic carbocycles. The number of guanidine groups is 1. The average molecular weight is 455 g/mol. The lowest BCUT2D eigenvalue weighted by molar-refractivity contribution is 0.173. The molecule has 2 aliphatic rings. The van der Waals surface area contributed by atoms with Crippen LogP contribution in [0.15, 0.2) is 28.2 Å². The first-order valence-electron chi connectivity index (χ1n) is 13.0. The van der Waals surface area contributed by atoms with Crippen molar-refractivity contribution in [3.05, 3.63) is 34.9 Å². The number of aliphatic imine (C=N–C) groups is 2. The number of aliphatic hydroxyl groups is 1. The highest BCUT2D eigenvalue weighted by Gasteiger charge is 2.37. The van der Waals surface area contributed by atoms with E-state index in [1.807, 2.05) is 6.21 Å². The summed E-state index contributed by atoms with van der Waals surface area (Å²) in [6, 6.07) is 7.14. The van der Waals surface area contributed by atoms with E-state index < -0.39 is 0 Å². The van der Waals surface area contributed by atoms with Crippen LogP contribution in [0.2, 0.25) is 0 Å². The predicted octanol–water partition coefficient (Wildman–Crippen LogP) is 5.32. The summed E-state index contributed by atoms with van der Waals surface area (Å²) in [5, 5.41) is 9.03. The van der Waals surface area contributed by atoms with E-state index >= 15 is 0 Å². The lowest BCUT2D eigenvalue weighted by atomic mass is 9.63. The number of piperazine rings is 1. The summed E-state index contributed by atoms with van der Waals surface area (Å²) < 4.78 is 0. The lowest BCUT2D eigenvalue weighted by Gasteiger charge is -2.42. The zero-order valence-electron chi connectivity index (χ0n) is 21.9. The van der Waals surface area contributed by atoms with Gasteiger partial charge in [0, 0.05) is 39.0 Å². The number of unbranched alkanes of at least 4 members (excludes halogenated alkanes) is 1. The Balaban J connectivity index is 1.78. The summed E-state index contributed by atoms with van der Waals surface area (Å²) in [6.45, 7) is 19.2. The molecule has 5 nitrogen and oxygen atoms in total. The molecule has 0 radical (unpaired) electrons. The second kappa shape index (κ2) is 11.1. The summed E-state index contributed by atoms with van der Waals surface area (Å²) in [5.74, 6) is 0.872. The highest BCUT2D eigenvalue weighted by atomic mass is 16.2. The van der Waals surface area contributed by atoms with Crippen LogP contribution in [0, 0.1) is 0 Å². The van der Waals surface area contributed by atoms with Gasteiger partial charge in [-0.05, 0) is 73.1 Å². The van der Waals surface area contributed by atoms with E-state index in [4.69, 9.17) is 15.1 Å². The molecule has 1 heterocycles. The van der Waals surface area contributed by atoms with Gasteiger partial charge in [0.05, 0.1) is 6.04 Å². The van der Waals surface area contributed by atoms with Gasteiger partial charge in [0.1, 0.15) is 0 Å². The molecule has 1 aliphatic heterocycles. The van der Waals surface area contributed by atoms with Crippen molar-refractivity contribution in [2.75, 3.05) is 39.3 Å². The van der Waals surface area contributed by atoms with Crippen molar-refractivity contribution < 1.29 is 5.11 Å². The summed E-state index contributed by atoms with van der Waals surface area (Å²) in [4.78, 5) is 14.7. The molecule has 0 spiro atoms. The Hall–Kier alpha value is -1.72. The fourth-order valence-electron chi connectivity index (χ4n) is 5.10. The Morgan fingerprint density at radius 1 is 1.03 bits per heavy atom. The Bertz CT molecular complexity index is 834. The van der Waals surface area contributed by atoms with Crippen LogP contribution >= 0.6 is 0 Å². The Morgan fingerprint density at radius 2 is 1.70 bits per heavy atom. The van der Waals surface area contributed by atoms with Crippen molar-refractivity contribution in [1.82, 2.24) is 9.80 Å². The second-order valence-corrected chi connectivity index (χ2v) is 11.2. The van der Waals surface area contributed by atoms with E-state index in [1.165, 1.54) is 29.5 Å². The predicted molar refractivity (Wildman–Crippen MR) is 141 cm³/mol. The zero-order chi connectivity index (χ0) is 24.1. The minimum absolute atomic E-state index is 0.0720. The van der Waals surface area contributed by atoms with E-state index in [2.05, 4.69) is 69.5 Å². The van der Waals surface area contributed by atoms with Gasteiger partial charge < -0.3 is 10.0 Å². The molecule has 1 atom stereocenters. The van der Waals surface area contributed by atoms with Gasteiger partial charge in [-0.25, -0.2) is 9.98 Å². The molecule has 3 rings (SSSR count). The summed E-state index contributed by atoms with van der Waals surface area (Å²) in [7, 11) is 0. The van der Waals surface area contributed by atoms with Gasteiger partial charge in [-0.1, -0.05) is 52.8 Å². The van der Waals surface area contributed by atoms with Gasteiger partial charge >= 0.3 is 0 Å². The van der Waals surface area contributed by atoms with E-state index in [0.29, 0.717) is 0 Å². The molecule has 1 aromatic rings. The molecule has 1 fully saturated rings. The highest BCUT2D eigenvalue weighted by molar-refractivity contribution is 5.88. The van der Waals surface area contributed by atoms with Gasteiger partial charge in [-0.3, -0.25) is 4.90 Å². The van der Waals surface area contributed by atoms with Crippen LogP contribution < -0.4 is 0 Å². The maximum absolute atomic E-state index is 9.03. The number of aliphatic hydroxyl groups excluding tert-OH is 1. The minimum Gasteiger partial charge on any atom is -0.396 e. The number of fused-ring (bicyclic) bond motifs is 1. The van der Waals surface area contributed by atoms with Crippen LogP contribution in [-0.4, -0.2) is 66.4 Å². The quantitative estimate of drug-likeness (QED) is 0.344. The maximum Gasteiger partial charge on any atom is 0.220 e. The number of rotatable bonds is 7. The number of hydrogen-bond donors (Lipinski definition) is 1. The molecule has 0 bridgehead atoms. The van der Waals surface area contributed by atoms with E-state index in [0.717, 1.165) is 57.9 Å². The molecule has 1 saturated heterocycles. The first kappa shape index (κ1) is 25.9. The molecule has 1 N–H and O–H groups in total. The van der Waals surface area contributed by atoms with Crippen LogP contribution in [0.1, 0.15) is 96.4 Å². The van der Waals surface area contributed by atoms with Gasteiger partial charge in [0.2, 0.25) is 5.96 Å². The molecule has 0 saturated carbocycles. The SMILES string of the molecule is CC/C=N\C(=NC(C)c1ccc2c(c1)C(C)(C)CCC2(C)C)N1CCN(CCCCO)CC1. The van der Waals surface area contributed by atoms with Crippen LogP contribution in [0.5, 0.6) is 0 Å². The topological polar surface area (TPSA) is 51.4 Å². The van der Waals surface area contributed by atoms with Crippen LogP contribution in [0.25, 0.3) is 0 Å². The Morgan fingerprint density at radius 3 is 2.33 bits per heavy atom. The van der Waals surface area contributed by atoms with Crippen LogP contribution in [-0.2, 0) is 10.8 Å². The van der Waals surface area contributed by atoms with Gasteiger partial charge in [-0.2, -0.15) is 0 Å². The molecule has 33 heavy (non-hydrogen) atoms. The van der Waals surface area contributed by atoms with E-state index in [1.54, 1.807) is 0 Å². The van der Waals surface area contributed by atoms with Crippen molar-refractivity contribution in [3.8, 4) is 0 Å². The normalized spacial score (nSPS) is 21.9. The molecular formula is C28H46N4O. The number of hydrogen-bond acceptors (Lipinski definition) is 3. The largest absolute Gasteiger partial charge is 0.396 e. The number of nitrogens with zero attached hydrogens (tertiary/aromatic N) is 4. The zero-order valence-corrected chi connectivity index (χ0v) is 21.9. The van der Waals surface area contributed by atoms with Crippen LogP contribution in [0.4, 0.5) is 0 Å². The van der Waals surface area contributed by atoms with Gasteiger partial charge in [0.25, 0.3) is 0 Å². The summed E-state index contributed by atoms with van der Waals surface area (Å²) in [5.41, 5.74) is 4.73. The van der Waals surface area contributed by atoms with Crippen molar-refractivity contribution in [2.24, 2.45) is 9.98 Å².